The number of alkyl halides is 2. The summed E-state index contributed by atoms with van der Waals surface area (Å²) in [6.07, 6.45) is 1.36. The zero-order valence-electron chi connectivity index (χ0n) is 15.0. The van der Waals surface area contributed by atoms with Gasteiger partial charge in [-0.2, -0.15) is 13.8 Å². The molecule has 0 unspecified atom stereocenters. The molecule has 0 atom stereocenters. The van der Waals surface area contributed by atoms with E-state index in [1.165, 1.54) is 12.1 Å². The summed E-state index contributed by atoms with van der Waals surface area (Å²) in [6.45, 7) is -1.52. The lowest BCUT2D eigenvalue weighted by molar-refractivity contribution is -0.120. The number of oxazole rings is 1. The Morgan fingerprint density at radius 1 is 1.14 bits per heavy atom. The van der Waals surface area contributed by atoms with Crippen LogP contribution in [0.3, 0.4) is 0 Å². The number of halogens is 2. The van der Waals surface area contributed by atoms with Gasteiger partial charge in [-0.15, -0.1) is 0 Å². The number of fused-ring (bicyclic) bond motifs is 1. The molecule has 1 amide bonds. The minimum Gasteiger partial charge on any atom is -0.435 e. The molecule has 28 heavy (non-hydrogen) atoms. The molecule has 2 heterocycles. The highest BCUT2D eigenvalue weighted by Gasteiger charge is 2.27. The molecule has 6 nitrogen and oxygen atoms in total. The van der Waals surface area contributed by atoms with Crippen LogP contribution in [-0.4, -0.2) is 30.6 Å². The van der Waals surface area contributed by atoms with E-state index in [9.17, 15) is 13.6 Å². The van der Waals surface area contributed by atoms with E-state index in [0.29, 0.717) is 37.6 Å². The number of piperidine rings is 1. The largest absolute Gasteiger partial charge is 0.435 e. The van der Waals surface area contributed by atoms with Gasteiger partial charge in [0.15, 0.2) is 5.58 Å². The summed E-state index contributed by atoms with van der Waals surface area (Å²) in [4.78, 5) is 19.0. The predicted octanol–water partition coefficient (Wildman–Crippen LogP) is 4.28. The summed E-state index contributed by atoms with van der Waals surface area (Å²) in [7, 11) is 0. The number of amides is 1. The molecule has 3 aromatic rings. The number of ether oxygens (including phenoxy) is 1. The molecule has 0 spiro atoms. The molecule has 1 aliphatic rings. The molecule has 2 aromatic carbocycles. The minimum absolute atomic E-state index is 0.0552. The van der Waals surface area contributed by atoms with Crippen LogP contribution >= 0.6 is 0 Å². The highest BCUT2D eigenvalue weighted by Crippen LogP contribution is 2.27. The maximum absolute atomic E-state index is 12.5. The second-order valence-electron chi connectivity index (χ2n) is 6.62. The number of para-hydroxylation sites is 2. The minimum atomic E-state index is -2.87. The number of nitrogens with one attached hydrogen (secondary N) is 1. The van der Waals surface area contributed by atoms with Crippen molar-refractivity contribution in [1.82, 2.24) is 4.98 Å². The number of hydrogen-bond donors (Lipinski definition) is 1. The average molecular weight is 387 g/mol. The smallest absolute Gasteiger partial charge is 0.387 e. The van der Waals surface area contributed by atoms with Crippen molar-refractivity contribution in [3.63, 3.8) is 0 Å². The van der Waals surface area contributed by atoms with Crippen LogP contribution in [-0.2, 0) is 4.79 Å². The SMILES string of the molecule is O=C(Nc1ccc(OC(F)F)cc1)C1CCN(c2nc3ccccc3o2)CC1. The van der Waals surface area contributed by atoms with Crippen molar-refractivity contribution in [2.75, 3.05) is 23.3 Å². The van der Waals surface area contributed by atoms with Gasteiger partial charge in [0.1, 0.15) is 11.3 Å². The first kappa shape index (κ1) is 18.2. The molecule has 4 rings (SSSR count). The Kier molecular flexibility index (Phi) is 5.10. The highest BCUT2D eigenvalue weighted by molar-refractivity contribution is 5.92. The van der Waals surface area contributed by atoms with E-state index in [-0.39, 0.29) is 17.6 Å². The molecule has 1 fully saturated rings. The van der Waals surface area contributed by atoms with Gasteiger partial charge in [-0.25, -0.2) is 0 Å². The molecule has 1 aromatic heterocycles. The highest BCUT2D eigenvalue weighted by atomic mass is 19.3. The molecule has 0 aliphatic carbocycles. The van der Waals surface area contributed by atoms with Crippen molar-refractivity contribution in [1.29, 1.82) is 0 Å². The second kappa shape index (κ2) is 7.84. The van der Waals surface area contributed by atoms with E-state index >= 15 is 0 Å². The Morgan fingerprint density at radius 3 is 2.54 bits per heavy atom. The van der Waals surface area contributed by atoms with Crippen molar-refractivity contribution in [3.05, 3.63) is 48.5 Å². The Bertz CT molecular complexity index is 918. The molecule has 1 saturated heterocycles. The molecule has 1 aliphatic heterocycles. The fourth-order valence-corrected chi connectivity index (χ4v) is 3.29. The lowest BCUT2D eigenvalue weighted by atomic mass is 9.96. The van der Waals surface area contributed by atoms with Gasteiger partial charge in [0.05, 0.1) is 0 Å². The van der Waals surface area contributed by atoms with Gasteiger partial charge in [-0.05, 0) is 49.2 Å². The predicted molar refractivity (Wildman–Crippen MR) is 101 cm³/mol. The van der Waals surface area contributed by atoms with Gasteiger partial charge in [0, 0.05) is 24.7 Å². The normalized spacial score (nSPS) is 15.2. The topological polar surface area (TPSA) is 67.6 Å². The molecule has 0 radical (unpaired) electrons. The Labute approximate surface area is 160 Å². The van der Waals surface area contributed by atoms with E-state index in [1.54, 1.807) is 12.1 Å². The number of benzene rings is 2. The van der Waals surface area contributed by atoms with Crippen molar-refractivity contribution in [2.24, 2.45) is 5.92 Å². The second-order valence-corrected chi connectivity index (χ2v) is 6.62. The number of hydrogen-bond acceptors (Lipinski definition) is 5. The summed E-state index contributed by atoms with van der Waals surface area (Å²) in [5, 5.41) is 2.83. The number of carbonyl (C=O) groups is 1. The van der Waals surface area contributed by atoms with Crippen LogP contribution in [0.5, 0.6) is 5.75 Å². The maximum atomic E-state index is 12.5. The number of rotatable bonds is 5. The number of carbonyl (C=O) groups excluding carboxylic acids is 1. The standard InChI is InChI=1S/C20H19F2N3O3/c21-19(22)27-15-7-5-14(6-8-15)23-18(26)13-9-11-25(12-10-13)20-24-16-3-1-2-4-17(16)28-20/h1-8,13,19H,9-12H2,(H,23,26). The first-order valence-electron chi connectivity index (χ1n) is 9.05. The zero-order chi connectivity index (χ0) is 19.5. The Morgan fingerprint density at radius 2 is 1.86 bits per heavy atom. The Hall–Kier alpha value is -3.16. The van der Waals surface area contributed by atoms with Crippen LogP contribution in [0.15, 0.2) is 52.9 Å². The summed E-state index contributed by atoms with van der Waals surface area (Å²) < 4.78 is 34.4. The van der Waals surface area contributed by atoms with E-state index in [0.717, 1.165) is 11.1 Å². The molecule has 0 saturated carbocycles. The van der Waals surface area contributed by atoms with E-state index < -0.39 is 6.61 Å². The lowest BCUT2D eigenvalue weighted by Gasteiger charge is -2.30. The van der Waals surface area contributed by atoms with Gasteiger partial charge in [-0.1, -0.05) is 12.1 Å². The lowest BCUT2D eigenvalue weighted by Crippen LogP contribution is -2.38. The third-order valence-electron chi connectivity index (χ3n) is 4.77. The van der Waals surface area contributed by atoms with Crippen LogP contribution < -0.4 is 15.0 Å². The molecule has 1 N–H and O–H groups in total. The number of nitrogens with zero attached hydrogens (tertiary/aromatic N) is 2. The van der Waals surface area contributed by atoms with Crippen molar-refractivity contribution in [3.8, 4) is 5.75 Å². The van der Waals surface area contributed by atoms with Crippen LogP contribution in [0.1, 0.15) is 12.8 Å². The van der Waals surface area contributed by atoms with Gasteiger partial charge in [0.2, 0.25) is 5.91 Å². The molecule has 0 bridgehead atoms. The zero-order valence-corrected chi connectivity index (χ0v) is 15.0. The number of anilines is 2. The van der Waals surface area contributed by atoms with Crippen molar-refractivity contribution < 1.29 is 22.7 Å². The summed E-state index contributed by atoms with van der Waals surface area (Å²) in [5.41, 5.74) is 2.11. The molecular weight excluding hydrogens is 368 g/mol. The number of aromatic nitrogens is 1. The third-order valence-corrected chi connectivity index (χ3v) is 4.77. The molecular formula is C20H19F2N3O3. The maximum Gasteiger partial charge on any atom is 0.387 e. The van der Waals surface area contributed by atoms with Crippen molar-refractivity contribution >= 4 is 28.7 Å². The van der Waals surface area contributed by atoms with Gasteiger partial charge in [0.25, 0.3) is 6.01 Å². The van der Waals surface area contributed by atoms with Gasteiger partial charge >= 0.3 is 6.61 Å². The summed E-state index contributed by atoms with van der Waals surface area (Å²) >= 11 is 0. The monoisotopic (exact) mass is 387 g/mol. The molecule has 8 heteroatoms. The third kappa shape index (κ3) is 4.05. The first-order valence-corrected chi connectivity index (χ1v) is 9.05. The molecule has 146 valence electrons. The van der Waals surface area contributed by atoms with E-state index in [4.69, 9.17) is 4.42 Å². The van der Waals surface area contributed by atoms with E-state index in [1.807, 2.05) is 29.2 Å². The first-order chi connectivity index (χ1) is 13.6. The van der Waals surface area contributed by atoms with Crippen LogP contribution in [0.2, 0.25) is 0 Å². The van der Waals surface area contributed by atoms with Crippen molar-refractivity contribution in [2.45, 2.75) is 19.5 Å². The fourth-order valence-electron chi connectivity index (χ4n) is 3.29. The van der Waals surface area contributed by atoms with E-state index in [2.05, 4.69) is 15.0 Å². The van der Waals surface area contributed by atoms with Crippen LogP contribution in [0, 0.1) is 5.92 Å². The quantitative estimate of drug-likeness (QED) is 0.708. The fraction of sp³-hybridized carbons (Fsp3) is 0.300. The van der Waals surface area contributed by atoms with Gasteiger partial charge < -0.3 is 19.4 Å². The summed E-state index contributed by atoms with van der Waals surface area (Å²) in [5.74, 6) is -0.156. The summed E-state index contributed by atoms with van der Waals surface area (Å²) in [6, 6.07) is 14.1. The Balaban J connectivity index is 1.32. The van der Waals surface area contributed by atoms with Crippen LogP contribution in [0.25, 0.3) is 11.1 Å². The van der Waals surface area contributed by atoms with Crippen LogP contribution in [0.4, 0.5) is 20.5 Å². The van der Waals surface area contributed by atoms with Gasteiger partial charge in [-0.3, -0.25) is 4.79 Å². The average Bonchev–Trinajstić information content (AvgIpc) is 3.13.